The maximum atomic E-state index is 12.9. The maximum Gasteiger partial charge on any atom is 0.255 e. The highest BCUT2D eigenvalue weighted by Crippen LogP contribution is 2.23. The molecule has 2 heterocycles. The Labute approximate surface area is 140 Å². The monoisotopic (exact) mass is 317 g/mol. The van der Waals surface area contributed by atoms with Gasteiger partial charge in [-0.3, -0.25) is 9.78 Å². The molecule has 23 heavy (non-hydrogen) atoms. The SMILES string of the molecule is CCCN(CCC)c1cncc(C(=O)N2CCCCC2CC)c1. The first kappa shape index (κ1) is 17.8. The van der Waals surface area contributed by atoms with Crippen LogP contribution in [0.3, 0.4) is 0 Å². The molecule has 0 aromatic carbocycles. The average molecular weight is 317 g/mol. The van der Waals surface area contributed by atoms with Crippen LogP contribution in [-0.4, -0.2) is 41.5 Å². The van der Waals surface area contributed by atoms with Gasteiger partial charge in [0.15, 0.2) is 0 Å². The van der Waals surface area contributed by atoms with Gasteiger partial charge in [0.2, 0.25) is 0 Å². The second kappa shape index (κ2) is 8.90. The first-order valence-electron chi connectivity index (χ1n) is 9.22. The summed E-state index contributed by atoms with van der Waals surface area (Å²) in [7, 11) is 0. The fraction of sp³-hybridized carbons (Fsp3) is 0.684. The molecule has 1 saturated heterocycles. The molecule has 1 aliphatic heterocycles. The van der Waals surface area contributed by atoms with E-state index >= 15 is 0 Å². The molecular formula is C19H31N3O. The Morgan fingerprint density at radius 2 is 1.96 bits per heavy atom. The second-order valence-electron chi connectivity index (χ2n) is 6.48. The molecule has 1 atom stereocenters. The molecular weight excluding hydrogens is 286 g/mol. The van der Waals surface area contributed by atoms with Gasteiger partial charge in [-0.15, -0.1) is 0 Å². The second-order valence-corrected chi connectivity index (χ2v) is 6.48. The third kappa shape index (κ3) is 4.46. The molecule has 0 aliphatic carbocycles. The van der Waals surface area contributed by atoms with Gasteiger partial charge in [0.1, 0.15) is 0 Å². The number of amides is 1. The van der Waals surface area contributed by atoms with E-state index in [2.05, 4.69) is 35.6 Å². The summed E-state index contributed by atoms with van der Waals surface area (Å²) in [5, 5.41) is 0. The summed E-state index contributed by atoms with van der Waals surface area (Å²) in [6.45, 7) is 9.45. The zero-order valence-electron chi connectivity index (χ0n) is 14.9. The topological polar surface area (TPSA) is 36.4 Å². The molecule has 0 N–H and O–H groups in total. The third-order valence-electron chi connectivity index (χ3n) is 4.68. The van der Waals surface area contributed by atoms with Crippen molar-refractivity contribution in [3.8, 4) is 0 Å². The molecule has 1 aromatic heterocycles. The zero-order chi connectivity index (χ0) is 16.7. The fourth-order valence-corrected chi connectivity index (χ4v) is 3.49. The fourth-order valence-electron chi connectivity index (χ4n) is 3.49. The van der Waals surface area contributed by atoms with Crippen molar-refractivity contribution >= 4 is 11.6 Å². The van der Waals surface area contributed by atoms with E-state index in [-0.39, 0.29) is 5.91 Å². The van der Waals surface area contributed by atoms with E-state index in [1.165, 1.54) is 6.42 Å². The van der Waals surface area contributed by atoms with Crippen molar-refractivity contribution in [3.63, 3.8) is 0 Å². The summed E-state index contributed by atoms with van der Waals surface area (Å²) < 4.78 is 0. The van der Waals surface area contributed by atoms with Gasteiger partial charge in [-0.1, -0.05) is 20.8 Å². The number of hydrogen-bond donors (Lipinski definition) is 0. The lowest BCUT2D eigenvalue weighted by Gasteiger charge is -2.35. The molecule has 1 unspecified atom stereocenters. The Hall–Kier alpha value is -1.58. The Balaban J connectivity index is 2.18. The zero-order valence-corrected chi connectivity index (χ0v) is 14.9. The lowest BCUT2D eigenvalue weighted by molar-refractivity contribution is 0.0607. The standard InChI is InChI=1S/C19H31N3O/c1-4-10-21(11-5-2)18-13-16(14-20-15-18)19(23)22-12-8-7-9-17(22)6-3/h13-15,17H,4-12H2,1-3H3. The molecule has 1 fully saturated rings. The Kier molecular flexibility index (Phi) is 6.87. The summed E-state index contributed by atoms with van der Waals surface area (Å²) in [6, 6.07) is 2.42. The van der Waals surface area contributed by atoms with E-state index in [0.717, 1.165) is 63.0 Å². The minimum Gasteiger partial charge on any atom is -0.370 e. The number of rotatable bonds is 7. The molecule has 0 bridgehead atoms. The van der Waals surface area contributed by atoms with Gasteiger partial charge < -0.3 is 9.80 Å². The van der Waals surface area contributed by atoms with Crippen LogP contribution >= 0.6 is 0 Å². The first-order chi connectivity index (χ1) is 11.2. The predicted molar refractivity (Wildman–Crippen MR) is 96.0 cm³/mol. The van der Waals surface area contributed by atoms with Gasteiger partial charge in [0.25, 0.3) is 5.91 Å². The predicted octanol–water partition coefficient (Wildman–Crippen LogP) is 4.11. The molecule has 2 rings (SSSR count). The summed E-state index contributed by atoms with van der Waals surface area (Å²) in [5.41, 5.74) is 1.81. The minimum atomic E-state index is 0.152. The minimum absolute atomic E-state index is 0.152. The number of anilines is 1. The van der Waals surface area contributed by atoms with Gasteiger partial charge in [-0.2, -0.15) is 0 Å². The van der Waals surface area contributed by atoms with Gasteiger partial charge in [-0.05, 0) is 44.6 Å². The Bertz CT molecular complexity index is 497. The molecule has 0 spiro atoms. The van der Waals surface area contributed by atoms with Gasteiger partial charge in [-0.25, -0.2) is 0 Å². The summed E-state index contributed by atoms with van der Waals surface area (Å²) in [4.78, 5) is 21.7. The van der Waals surface area contributed by atoms with Crippen LogP contribution in [0.1, 0.15) is 69.7 Å². The van der Waals surface area contributed by atoms with E-state index in [9.17, 15) is 4.79 Å². The highest BCUT2D eigenvalue weighted by molar-refractivity contribution is 5.95. The lowest BCUT2D eigenvalue weighted by atomic mass is 9.99. The largest absolute Gasteiger partial charge is 0.370 e. The number of likely N-dealkylation sites (tertiary alicyclic amines) is 1. The van der Waals surface area contributed by atoms with Gasteiger partial charge in [0, 0.05) is 31.9 Å². The molecule has 128 valence electrons. The molecule has 4 nitrogen and oxygen atoms in total. The van der Waals surface area contributed by atoms with Crippen LogP contribution in [0.2, 0.25) is 0 Å². The average Bonchev–Trinajstić information content (AvgIpc) is 2.61. The quantitative estimate of drug-likeness (QED) is 0.759. The molecule has 1 amide bonds. The summed E-state index contributed by atoms with van der Waals surface area (Å²) in [6.07, 6.45) is 10.3. The van der Waals surface area contributed by atoms with E-state index in [1.807, 2.05) is 12.3 Å². The van der Waals surface area contributed by atoms with Crippen molar-refractivity contribution in [2.24, 2.45) is 0 Å². The smallest absolute Gasteiger partial charge is 0.255 e. The number of hydrogen-bond acceptors (Lipinski definition) is 3. The van der Waals surface area contributed by atoms with Crippen LogP contribution in [-0.2, 0) is 0 Å². The van der Waals surface area contributed by atoms with Crippen molar-refractivity contribution in [2.45, 2.75) is 65.3 Å². The van der Waals surface area contributed by atoms with Crippen LogP contribution in [0.5, 0.6) is 0 Å². The number of carbonyl (C=O) groups is 1. The Morgan fingerprint density at radius 1 is 1.22 bits per heavy atom. The lowest BCUT2D eigenvalue weighted by Crippen LogP contribution is -2.43. The van der Waals surface area contributed by atoms with E-state index < -0.39 is 0 Å². The molecule has 0 radical (unpaired) electrons. The number of pyridine rings is 1. The van der Waals surface area contributed by atoms with Crippen LogP contribution < -0.4 is 4.90 Å². The van der Waals surface area contributed by atoms with Crippen molar-refractivity contribution in [2.75, 3.05) is 24.5 Å². The maximum absolute atomic E-state index is 12.9. The Morgan fingerprint density at radius 3 is 2.61 bits per heavy atom. The highest BCUT2D eigenvalue weighted by atomic mass is 16.2. The number of carbonyl (C=O) groups excluding carboxylic acids is 1. The normalized spacial score (nSPS) is 18.0. The van der Waals surface area contributed by atoms with Crippen molar-refractivity contribution < 1.29 is 4.79 Å². The molecule has 4 heteroatoms. The number of nitrogens with zero attached hydrogens (tertiary/aromatic N) is 3. The molecule has 1 aromatic rings. The third-order valence-corrected chi connectivity index (χ3v) is 4.68. The number of piperidine rings is 1. The number of aromatic nitrogens is 1. The van der Waals surface area contributed by atoms with Crippen LogP contribution in [0.25, 0.3) is 0 Å². The van der Waals surface area contributed by atoms with Crippen molar-refractivity contribution in [1.29, 1.82) is 0 Å². The molecule has 1 aliphatic rings. The van der Waals surface area contributed by atoms with Gasteiger partial charge in [0.05, 0.1) is 17.4 Å². The van der Waals surface area contributed by atoms with Crippen LogP contribution in [0.15, 0.2) is 18.5 Å². The van der Waals surface area contributed by atoms with Crippen LogP contribution in [0.4, 0.5) is 5.69 Å². The van der Waals surface area contributed by atoms with E-state index in [1.54, 1.807) is 6.20 Å². The summed E-state index contributed by atoms with van der Waals surface area (Å²) in [5.74, 6) is 0.152. The van der Waals surface area contributed by atoms with Crippen LogP contribution in [0, 0.1) is 0 Å². The molecule has 0 saturated carbocycles. The van der Waals surface area contributed by atoms with Crippen molar-refractivity contribution in [3.05, 3.63) is 24.0 Å². The van der Waals surface area contributed by atoms with Gasteiger partial charge >= 0.3 is 0 Å². The van der Waals surface area contributed by atoms with Crippen molar-refractivity contribution in [1.82, 2.24) is 9.88 Å². The summed E-state index contributed by atoms with van der Waals surface area (Å²) >= 11 is 0. The first-order valence-corrected chi connectivity index (χ1v) is 9.22. The van der Waals surface area contributed by atoms with E-state index in [0.29, 0.717) is 6.04 Å². The van der Waals surface area contributed by atoms with E-state index in [4.69, 9.17) is 0 Å². The highest BCUT2D eigenvalue weighted by Gasteiger charge is 2.26.